The molecule has 1 aliphatic rings. The van der Waals surface area contributed by atoms with E-state index in [0.717, 1.165) is 0 Å². The molecule has 0 saturated heterocycles. The van der Waals surface area contributed by atoms with Crippen molar-refractivity contribution in [3.05, 3.63) is 87.0 Å². The Bertz CT molecular complexity index is 1120. The van der Waals surface area contributed by atoms with Gasteiger partial charge in [0.25, 0.3) is 11.4 Å². The molecule has 0 aromatic heterocycles. The van der Waals surface area contributed by atoms with Gasteiger partial charge >= 0.3 is 0 Å². The van der Waals surface area contributed by atoms with Crippen molar-refractivity contribution >= 4 is 39.2 Å². The molecular formula is C18H11N3O5S. The molecule has 0 amide bonds. The van der Waals surface area contributed by atoms with Crippen LogP contribution in [0.25, 0.3) is 0 Å². The Labute approximate surface area is 155 Å². The van der Waals surface area contributed by atoms with E-state index in [0.29, 0.717) is 22.0 Å². The molecule has 0 aliphatic carbocycles. The Morgan fingerprint density at radius 2 is 1.37 bits per heavy atom. The lowest BCUT2D eigenvalue weighted by Gasteiger charge is -2.32. The highest BCUT2D eigenvalue weighted by Crippen LogP contribution is 2.48. The van der Waals surface area contributed by atoms with Gasteiger partial charge in [0, 0.05) is 30.0 Å². The van der Waals surface area contributed by atoms with E-state index in [1.54, 1.807) is 4.90 Å². The average Bonchev–Trinajstić information content (AvgIpc) is 2.68. The van der Waals surface area contributed by atoms with Crippen LogP contribution in [0, 0.1) is 20.2 Å². The third kappa shape index (κ3) is 2.74. The van der Waals surface area contributed by atoms with Crippen molar-refractivity contribution in [2.75, 3.05) is 4.90 Å². The van der Waals surface area contributed by atoms with Gasteiger partial charge in [-0.3, -0.25) is 20.2 Å². The molecule has 9 heteroatoms. The minimum atomic E-state index is -1.70. The van der Waals surface area contributed by atoms with Crippen LogP contribution in [0.15, 0.2) is 76.5 Å². The van der Waals surface area contributed by atoms with Crippen molar-refractivity contribution in [2.45, 2.75) is 9.79 Å². The second-order valence-corrected chi connectivity index (χ2v) is 7.18. The fraction of sp³-hybridized carbons (Fsp3) is 0. The lowest BCUT2D eigenvalue weighted by molar-refractivity contribution is -0.385. The van der Waals surface area contributed by atoms with Gasteiger partial charge in [-0.25, -0.2) is 4.21 Å². The number of anilines is 3. The van der Waals surface area contributed by atoms with Gasteiger partial charge < -0.3 is 4.90 Å². The summed E-state index contributed by atoms with van der Waals surface area (Å²) in [6.07, 6.45) is 0. The fourth-order valence-corrected chi connectivity index (χ4v) is 4.35. The van der Waals surface area contributed by atoms with Gasteiger partial charge in [0.05, 0.1) is 41.8 Å². The number of non-ortho nitro benzene ring substituents is 2. The second-order valence-electron chi connectivity index (χ2n) is 5.76. The zero-order valence-electron chi connectivity index (χ0n) is 13.6. The standard InChI is InChI=1S/C18H11N3O5S/c22-20(23)13-7-9-17-16(10-13)19(12-4-2-1-3-5-12)15-8-6-14(21(24)25)11-18(15)27(17)26/h1-11H. The van der Waals surface area contributed by atoms with Crippen LogP contribution in [0.5, 0.6) is 0 Å². The molecule has 0 radical (unpaired) electrons. The molecule has 27 heavy (non-hydrogen) atoms. The van der Waals surface area contributed by atoms with Gasteiger partial charge in [-0.15, -0.1) is 0 Å². The molecule has 0 N–H and O–H groups in total. The van der Waals surface area contributed by atoms with Crippen LogP contribution < -0.4 is 4.90 Å². The number of benzene rings is 3. The molecule has 134 valence electrons. The minimum absolute atomic E-state index is 0.128. The largest absolute Gasteiger partial charge is 0.308 e. The Morgan fingerprint density at radius 3 is 2.04 bits per heavy atom. The first kappa shape index (κ1) is 16.9. The van der Waals surface area contributed by atoms with Crippen LogP contribution >= 0.6 is 0 Å². The van der Waals surface area contributed by atoms with Gasteiger partial charge in [-0.2, -0.15) is 0 Å². The Balaban J connectivity index is 2.01. The Hall–Kier alpha value is -3.59. The number of rotatable bonds is 3. The smallest absolute Gasteiger partial charge is 0.271 e. The van der Waals surface area contributed by atoms with E-state index < -0.39 is 20.6 Å². The van der Waals surface area contributed by atoms with Crippen molar-refractivity contribution in [2.24, 2.45) is 0 Å². The number of hydrogen-bond acceptors (Lipinski definition) is 6. The molecule has 0 bridgehead atoms. The first-order valence-electron chi connectivity index (χ1n) is 7.81. The summed E-state index contributed by atoms with van der Waals surface area (Å²) < 4.78 is 13.0. The molecule has 8 nitrogen and oxygen atoms in total. The van der Waals surface area contributed by atoms with E-state index in [1.807, 2.05) is 30.3 Å². The van der Waals surface area contributed by atoms with Crippen LogP contribution in [-0.4, -0.2) is 14.1 Å². The highest BCUT2D eigenvalue weighted by molar-refractivity contribution is 7.85. The second kappa shape index (κ2) is 6.29. The summed E-state index contributed by atoms with van der Waals surface area (Å²) in [5, 5.41) is 22.3. The molecule has 0 saturated carbocycles. The summed E-state index contributed by atoms with van der Waals surface area (Å²) in [5.74, 6) is 0. The van der Waals surface area contributed by atoms with E-state index in [4.69, 9.17) is 0 Å². The molecular weight excluding hydrogens is 370 g/mol. The number of nitro benzene ring substituents is 2. The topological polar surface area (TPSA) is 107 Å². The average molecular weight is 381 g/mol. The summed E-state index contributed by atoms with van der Waals surface area (Å²) in [4.78, 5) is 23.6. The van der Waals surface area contributed by atoms with Crippen molar-refractivity contribution in [1.29, 1.82) is 0 Å². The summed E-state index contributed by atoms with van der Waals surface area (Å²) in [6, 6.07) is 17.3. The lowest BCUT2D eigenvalue weighted by atomic mass is 10.1. The molecule has 4 rings (SSSR count). The van der Waals surface area contributed by atoms with E-state index in [2.05, 4.69) is 0 Å². The Morgan fingerprint density at radius 1 is 0.741 bits per heavy atom. The van der Waals surface area contributed by atoms with Crippen molar-refractivity contribution in [1.82, 2.24) is 0 Å². The van der Waals surface area contributed by atoms with E-state index in [9.17, 15) is 24.4 Å². The molecule has 1 atom stereocenters. The van der Waals surface area contributed by atoms with Crippen LogP contribution in [0.2, 0.25) is 0 Å². The summed E-state index contributed by atoms with van der Waals surface area (Å²) in [5.41, 5.74) is 1.30. The normalized spacial score (nSPS) is 15.0. The minimum Gasteiger partial charge on any atom is -0.308 e. The quantitative estimate of drug-likeness (QED) is 0.383. The van der Waals surface area contributed by atoms with Gasteiger partial charge in [0.15, 0.2) is 0 Å². The fourth-order valence-electron chi connectivity index (χ4n) is 3.00. The van der Waals surface area contributed by atoms with Crippen LogP contribution in [0.4, 0.5) is 28.4 Å². The number of nitrogens with zero attached hydrogens (tertiary/aromatic N) is 3. The molecule has 1 heterocycles. The van der Waals surface area contributed by atoms with Crippen molar-refractivity contribution < 1.29 is 14.1 Å². The molecule has 0 spiro atoms. The molecule has 3 aromatic rings. The third-order valence-electron chi connectivity index (χ3n) is 4.20. The Kier molecular flexibility index (Phi) is 3.93. The maximum absolute atomic E-state index is 13.0. The van der Waals surface area contributed by atoms with Crippen LogP contribution in [0.1, 0.15) is 0 Å². The summed E-state index contributed by atoms with van der Waals surface area (Å²) in [7, 11) is -1.70. The molecule has 1 aliphatic heterocycles. The van der Waals surface area contributed by atoms with Crippen LogP contribution in [-0.2, 0) is 10.8 Å². The highest BCUT2D eigenvalue weighted by atomic mass is 32.2. The molecule has 0 fully saturated rings. The number of nitro groups is 2. The van der Waals surface area contributed by atoms with Crippen LogP contribution in [0.3, 0.4) is 0 Å². The first-order valence-corrected chi connectivity index (χ1v) is 8.96. The number of fused-ring (bicyclic) bond motifs is 2. The number of para-hydroxylation sites is 1. The zero-order chi connectivity index (χ0) is 19.1. The van der Waals surface area contributed by atoms with E-state index >= 15 is 0 Å². The summed E-state index contributed by atoms with van der Waals surface area (Å²) >= 11 is 0. The first-order chi connectivity index (χ1) is 13.0. The van der Waals surface area contributed by atoms with Gasteiger partial charge in [0.2, 0.25) is 0 Å². The van der Waals surface area contributed by atoms with E-state index in [-0.39, 0.29) is 16.3 Å². The predicted octanol–water partition coefficient (Wildman–Crippen LogP) is 4.45. The number of hydrogen-bond donors (Lipinski definition) is 0. The highest BCUT2D eigenvalue weighted by Gasteiger charge is 2.32. The maximum Gasteiger partial charge on any atom is 0.271 e. The van der Waals surface area contributed by atoms with Crippen molar-refractivity contribution in [3.8, 4) is 0 Å². The monoisotopic (exact) mass is 381 g/mol. The third-order valence-corrected chi connectivity index (χ3v) is 5.67. The van der Waals surface area contributed by atoms with Gasteiger partial charge in [0.1, 0.15) is 0 Å². The van der Waals surface area contributed by atoms with Gasteiger partial charge in [-0.1, -0.05) is 18.2 Å². The predicted molar refractivity (Wildman–Crippen MR) is 99.1 cm³/mol. The van der Waals surface area contributed by atoms with E-state index in [1.165, 1.54) is 36.4 Å². The molecule has 1 unspecified atom stereocenters. The summed E-state index contributed by atoms with van der Waals surface area (Å²) in [6.45, 7) is 0. The lowest BCUT2D eigenvalue weighted by Crippen LogP contribution is -2.19. The maximum atomic E-state index is 13.0. The van der Waals surface area contributed by atoms with Gasteiger partial charge in [-0.05, 0) is 24.3 Å². The molecule has 3 aromatic carbocycles. The zero-order valence-corrected chi connectivity index (χ0v) is 14.5. The van der Waals surface area contributed by atoms with Crippen molar-refractivity contribution in [3.63, 3.8) is 0 Å². The SMILES string of the molecule is O=[N+]([O-])c1ccc2c(c1)N(c1ccccc1)c1ccc([N+](=O)[O-])cc1S2=O.